The van der Waals surface area contributed by atoms with Crippen LogP contribution in [0, 0.1) is 0 Å². The number of fused-ring (bicyclic) bond motifs is 1. The zero-order chi connectivity index (χ0) is 24.3. The van der Waals surface area contributed by atoms with Gasteiger partial charge in [-0.2, -0.15) is 52.0 Å². The van der Waals surface area contributed by atoms with Crippen molar-refractivity contribution in [2.75, 3.05) is 99.0 Å². The fourth-order valence-corrected chi connectivity index (χ4v) is 7.30. The average molecular weight is 562 g/mol. The van der Waals surface area contributed by atoms with Crippen molar-refractivity contribution < 1.29 is 9.47 Å². The van der Waals surface area contributed by atoms with E-state index in [2.05, 4.69) is 57.4 Å². The molecule has 1 aromatic carbocycles. The van der Waals surface area contributed by atoms with E-state index in [0.29, 0.717) is 13.2 Å². The number of likely N-dealkylation sites (N-methyl/N-ethyl adjacent to an activating group) is 1. The monoisotopic (exact) mass is 561 g/mol. The summed E-state index contributed by atoms with van der Waals surface area (Å²) < 4.78 is 12.3. The number of thiocarbonyl (C=S) groups is 1. The van der Waals surface area contributed by atoms with Crippen LogP contribution >= 0.6 is 59.3 Å². The van der Waals surface area contributed by atoms with Crippen LogP contribution in [0.15, 0.2) is 23.2 Å². The summed E-state index contributed by atoms with van der Waals surface area (Å²) in [6.45, 7) is 8.56. The van der Waals surface area contributed by atoms with E-state index in [1.54, 1.807) is 0 Å². The molecule has 0 radical (unpaired) electrons. The SMILES string of the molecule is CCSCCSCCN1CCOc2ccc(N=C=S)cc2OCCN(C)CCSCCSCC1. The van der Waals surface area contributed by atoms with E-state index in [-0.39, 0.29) is 0 Å². The molecule has 2 rings (SSSR count). The van der Waals surface area contributed by atoms with Crippen molar-refractivity contribution in [2.24, 2.45) is 4.99 Å². The van der Waals surface area contributed by atoms with Gasteiger partial charge in [0.05, 0.1) is 10.8 Å². The highest BCUT2D eigenvalue weighted by atomic mass is 32.2. The lowest BCUT2D eigenvalue weighted by atomic mass is 10.3. The Hall–Kier alpha value is -0.0600. The van der Waals surface area contributed by atoms with E-state index in [0.717, 1.165) is 55.7 Å². The predicted octanol–water partition coefficient (Wildman–Crippen LogP) is 5.38. The van der Waals surface area contributed by atoms with Gasteiger partial charge in [0.2, 0.25) is 0 Å². The van der Waals surface area contributed by atoms with Gasteiger partial charge < -0.3 is 14.4 Å². The summed E-state index contributed by atoms with van der Waals surface area (Å²) in [5.41, 5.74) is 0.737. The molecule has 0 spiro atoms. The highest BCUT2D eigenvalue weighted by molar-refractivity contribution is 8.03. The molecule has 0 saturated heterocycles. The molecule has 0 unspecified atom stereocenters. The van der Waals surface area contributed by atoms with Gasteiger partial charge in [-0.15, -0.1) is 0 Å². The van der Waals surface area contributed by atoms with Crippen LogP contribution in [-0.4, -0.2) is 114 Å². The molecule has 34 heavy (non-hydrogen) atoms. The third-order valence-electron chi connectivity index (χ3n) is 5.17. The summed E-state index contributed by atoms with van der Waals surface area (Å²) in [5.74, 6) is 11.1. The molecule has 1 aliphatic rings. The smallest absolute Gasteiger partial charge is 0.163 e. The third-order valence-corrected chi connectivity index (χ3v) is 9.57. The summed E-state index contributed by atoms with van der Waals surface area (Å²) in [6, 6.07) is 5.72. The topological polar surface area (TPSA) is 37.3 Å². The Labute approximate surface area is 228 Å². The van der Waals surface area contributed by atoms with Crippen molar-refractivity contribution in [3.05, 3.63) is 18.2 Å². The van der Waals surface area contributed by atoms with E-state index in [1.807, 2.05) is 41.7 Å². The largest absolute Gasteiger partial charge is 0.488 e. The lowest BCUT2D eigenvalue weighted by Gasteiger charge is -2.23. The number of hydrogen-bond donors (Lipinski definition) is 0. The maximum atomic E-state index is 6.19. The second-order valence-electron chi connectivity index (χ2n) is 7.71. The van der Waals surface area contributed by atoms with E-state index in [9.17, 15) is 0 Å². The van der Waals surface area contributed by atoms with Crippen molar-refractivity contribution >= 4 is 70.1 Å². The van der Waals surface area contributed by atoms with Gasteiger partial charge in [-0.05, 0) is 37.2 Å². The number of benzene rings is 1. The lowest BCUT2D eigenvalue weighted by molar-refractivity contribution is 0.206. The Balaban J connectivity index is 1.97. The lowest BCUT2D eigenvalue weighted by Crippen LogP contribution is -2.33. The molecule has 1 aliphatic heterocycles. The molecule has 0 fully saturated rings. The maximum absolute atomic E-state index is 6.19. The van der Waals surface area contributed by atoms with Gasteiger partial charge in [-0.1, -0.05) is 6.92 Å². The minimum Gasteiger partial charge on any atom is -0.488 e. The third kappa shape index (κ3) is 13.9. The zero-order valence-corrected chi connectivity index (χ0v) is 24.6. The molecule has 10 heteroatoms. The van der Waals surface area contributed by atoms with Crippen LogP contribution in [-0.2, 0) is 0 Å². The first-order valence-electron chi connectivity index (χ1n) is 11.9. The van der Waals surface area contributed by atoms with E-state index in [4.69, 9.17) is 21.7 Å². The summed E-state index contributed by atoms with van der Waals surface area (Å²) in [4.78, 5) is 8.97. The second kappa shape index (κ2) is 20.0. The number of rotatable bonds is 8. The molecule has 0 bridgehead atoms. The van der Waals surface area contributed by atoms with Gasteiger partial charge in [0.25, 0.3) is 0 Å². The highest BCUT2D eigenvalue weighted by Crippen LogP contribution is 2.31. The number of nitrogens with zero attached hydrogens (tertiary/aromatic N) is 3. The van der Waals surface area contributed by atoms with Gasteiger partial charge in [0.1, 0.15) is 13.2 Å². The van der Waals surface area contributed by atoms with E-state index in [1.165, 1.54) is 40.3 Å². The van der Waals surface area contributed by atoms with Crippen LogP contribution in [0.5, 0.6) is 11.5 Å². The molecule has 0 N–H and O–H groups in total. The highest BCUT2D eigenvalue weighted by Gasteiger charge is 2.11. The Bertz CT molecular complexity index is 722. The first-order valence-corrected chi connectivity index (χ1v) is 16.9. The zero-order valence-electron chi connectivity index (χ0n) is 20.5. The van der Waals surface area contributed by atoms with Crippen LogP contribution < -0.4 is 9.47 Å². The molecule has 0 aromatic heterocycles. The molecule has 0 saturated carbocycles. The summed E-state index contributed by atoms with van der Waals surface area (Å²) in [6.07, 6.45) is 0. The Morgan fingerprint density at radius 3 is 2.47 bits per heavy atom. The van der Waals surface area contributed by atoms with Crippen LogP contribution in [0.2, 0.25) is 0 Å². The van der Waals surface area contributed by atoms with Gasteiger partial charge in [-0.3, -0.25) is 4.90 Å². The van der Waals surface area contributed by atoms with Crippen LogP contribution in [0.1, 0.15) is 6.92 Å². The van der Waals surface area contributed by atoms with Crippen LogP contribution in [0.4, 0.5) is 5.69 Å². The number of hydrogen-bond acceptors (Lipinski definition) is 10. The average Bonchev–Trinajstić information content (AvgIpc) is 2.83. The molecule has 1 aromatic rings. The first kappa shape index (κ1) is 30.2. The van der Waals surface area contributed by atoms with Crippen LogP contribution in [0.3, 0.4) is 0 Å². The minimum atomic E-state index is 0.609. The number of isothiocyanates is 1. The number of aliphatic imine (C=N–C) groups is 1. The Morgan fingerprint density at radius 2 is 1.68 bits per heavy atom. The van der Waals surface area contributed by atoms with Crippen LogP contribution in [0.25, 0.3) is 0 Å². The fraction of sp³-hybridized carbons (Fsp3) is 0.708. The predicted molar refractivity (Wildman–Crippen MR) is 161 cm³/mol. The maximum Gasteiger partial charge on any atom is 0.163 e. The van der Waals surface area contributed by atoms with Crippen molar-refractivity contribution in [2.45, 2.75) is 6.92 Å². The Kier molecular flexibility index (Phi) is 17.8. The molecular formula is C24H39N3O2S5. The van der Waals surface area contributed by atoms with Crippen molar-refractivity contribution in [1.29, 1.82) is 0 Å². The van der Waals surface area contributed by atoms with Gasteiger partial charge in [0, 0.05) is 79.1 Å². The summed E-state index contributed by atoms with van der Waals surface area (Å²) >= 11 is 13.0. The number of thioether (sulfide) groups is 4. The summed E-state index contributed by atoms with van der Waals surface area (Å²) in [7, 11) is 2.15. The second-order valence-corrected chi connectivity index (χ2v) is 13.0. The normalized spacial score (nSPS) is 17.9. The molecule has 1 heterocycles. The molecule has 192 valence electrons. The fourth-order valence-electron chi connectivity index (χ4n) is 3.19. The summed E-state index contributed by atoms with van der Waals surface area (Å²) in [5, 5.41) is 2.44. The van der Waals surface area contributed by atoms with E-state index < -0.39 is 0 Å². The first-order chi connectivity index (χ1) is 16.7. The van der Waals surface area contributed by atoms with Crippen molar-refractivity contribution in [1.82, 2.24) is 9.80 Å². The molecule has 0 atom stereocenters. The molecule has 5 nitrogen and oxygen atoms in total. The minimum absolute atomic E-state index is 0.609. The van der Waals surface area contributed by atoms with E-state index >= 15 is 0 Å². The molecule has 0 aliphatic carbocycles. The quantitative estimate of drug-likeness (QED) is 0.236. The van der Waals surface area contributed by atoms with Gasteiger partial charge in [0.15, 0.2) is 11.5 Å². The molecule has 0 amide bonds. The van der Waals surface area contributed by atoms with Crippen molar-refractivity contribution in [3.63, 3.8) is 0 Å². The molecular weight excluding hydrogens is 523 g/mol. The standard InChI is InChI=1S/C24H39N3O2S5/c1-3-31-16-17-33-14-9-27-7-12-28-23-5-4-22(25-21-30)20-24(23)29-11-6-26(2)8-13-32-18-19-34-15-10-27/h4-5,20H,3,6-19H2,1-2H3. The van der Waals surface area contributed by atoms with Gasteiger partial charge in [-0.25, -0.2) is 0 Å². The van der Waals surface area contributed by atoms with Crippen molar-refractivity contribution in [3.8, 4) is 11.5 Å². The van der Waals surface area contributed by atoms with Gasteiger partial charge >= 0.3 is 0 Å². The number of ether oxygens (including phenoxy) is 2. The Morgan fingerprint density at radius 1 is 0.941 bits per heavy atom.